The zero-order chi connectivity index (χ0) is 8.97. The molecule has 1 aromatic rings. The number of alkyl halides is 2. The standard InChI is InChI=1S/C7H10F2N2O/c1-11-3-2-6(10-11)4-12-5-7(8)9/h2-3,7H,4-5H2,1H3. The predicted octanol–water partition coefficient (Wildman–Crippen LogP) is 1.20. The van der Waals surface area contributed by atoms with Gasteiger partial charge < -0.3 is 4.74 Å². The molecule has 0 aliphatic rings. The number of hydrogen-bond acceptors (Lipinski definition) is 2. The summed E-state index contributed by atoms with van der Waals surface area (Å²) in [6, 6.07) is 1.73. The van der Waals surface area contributed by atoms with Gasteiger partial charge in [0.2, 0.25) is 0 Å². The molecule has 0 bridgehead atoms. The lowest BCUT2D eigenvalue weighted by atomic mass is 10.5. The summed E-state index contributed by atoms with van der Waals surface area (Å²) in [7, 11) is 1.76. The summed E-state index contributed by atoms with van der Waals surface area (Å²) in [4.78, 5) is 0. The van der Waals surface area contributed by atoms with Crippen molar-refractivity contribution in [2.24, 2.45) is 7.05 Å². The van der Waals surface area contributed by atoms with Crippen LogP contribution in [0.25, 0.3) is 0 Å². The first kappa shape index (κ1) is 9.12. The molecule has 0 aromatic carbocycles. The van der Waals surface area contributed by atoms with Gasteiger partial charge in [-0.3, -0.25) is 4.68 Å². The van der Waals surface area contributed by atoms with Crippen molar-refractivity contribution in [2.75, 3.05) is 6.61 Å². The molecule has 5 heteroatoms. The number of hydrogen-bond donors (Lipinski definition) is 0. The van der Waals surface area contributed by atoms with Gasteiger partial charge in [-0.25, -0.2) is 8.78 Å². The Balaban J connectivity index is 2.24. The first-order valence-corrected chi connectivity index (χ1v) is 3.53. The van der Waals surface area contributed by atoms with Crippen molar-refractivity contribution in [1.29, 1.82) is 0 Å². The van der Waals surface area contributed by atoms with Gasteiger partial charge in [-0.2, -0.15) is 5.10 Å². The van der Waals surface area contributed by atoms with E-state index >= 15 is 0 Å². The Bertz CT molecular complexity index is 237. The molecule has 0 radical (unpaired) electrons. The number of aryl methyl sites for hydroxylation is 1. The Morgan fingerprint density at radius 2 is 2.42 bits per heavy atom. The topological polar surface area (TPSA) is 27.1 Å². The summed E-state index contributed by atoms with van der Waals surface area (Å²) in [5.41, 5.74) is 0.665. The van der Waals surface area contributed by atoms with Crippen molar-refractivity contribution in [2.45, 2.75) is 13.0 Å². The highest BCUT2D eigenvalue weighted by Crippen LogP contribution is 1.99. The third-order valence-corrected chi connectivity index (χ3v) is 1.26. The lowest BCUT2D eigenvalue weighted by molar-refractivity contribution is 0.00871. The summed E-state index contributed by atoms with van der Waals surface area (Å²) >= 11 is 0. The van der Waals surface area contributed by atoms with Crippen LogP contribution in [-0.4, -0.2) is 22.8 Å². The normalized spacial score (nSPS) is 11.0. The lowest BCUT2D eigenvalue weighted by Gasteiger charge is -1.99. The SMILES string of the molecule is Cn1ccc(COCC(F)F)n1. The van der Waals surface area contributed by atoms with Gasteiger partial charge in [0.05, 0.1) is 12.3 Å². The lowest BCUT2D eigenvalue weighted by Crippen LogP contribution is -2.04. The number of nitrogens with zero attached hydrogens (tertiary/aromatic N) is 2. The smallest absolute Gasteiger partial charge is 0.261 e. The average molecular weight is 176 g/mol. The van der Waals surface area contributed by atoms with Crippen LogP contribution >= 0.6 is 0 Å². The van der Waals surface area contributed by atoms with Gasteiger partial charge in [-0.15, -0.1) is 0 Å². The highest BCUT2D eigenvalue weighted by atomic mass is 19.3. The van der Waals surface area contributed by atoms with Gasteiger partial charge in [0.15, 0.2) is 0 Å². The molecule has 0 aliphatic heterocycles. The van der Waals surface area contributed by atoms with Gasteiger partial charge in [0.1, 0.15) is 6.61 Å². The fourth-order valence-electron chi connectivity index (χ4n) is 0.793. The van der Waals surface area contributed by atoms with Crippen LogP contribution < -0.4 is 0 Å². The van der Waals surface area contributed by atoms with Crippen molar-refractivity contribution in [3.8, 4) is 0 Å². The van der Waals surface area contributed by atoms with E-state index in [-0.39, 0.29) is 6.61 Å². The second-order valence-electron chi connectivity index (χ2n) is 2.39. The largest absolute Gasteiger partial charge is 0.369 e. The van der Waals surface area contributed by atoms with E-state index in [9.17, 15) is 8.78 Å². The molecule has 3 nitrogen and oxygen atoms in total. The van der Waals surface area contributed by atoms with Gasteiger partial charge in [0, 0.05) is 13.2 Å². The van der Waals surface area contributed by atoms with Crippen LogP contribution in [0.2, 0.25) is 0 Å². The fraction of sp³-hybridized carbons (Fsp3) is 0.571. The number of halogens is 2. The molecule has 68 valence electrons. The maximum absolute atomic E-state index is 11.6. The molecule has 0 fully saturated rings. The van der Waals surface area contributed by atoms with Crippen LogP contribution in [0, 0.1) is 0 Å². The second kappa shape index (κ2) is 4.15. The summed E-state index contributed by atoms with van der Waals surface area (Å²) in [6.45, 7) is -0.387. The minimum absolute atomic E-state index is 0.144. The Labute approximate surface area is 68.9 Å². The minimum Gasteiger partial charge on any atom is -0.369 e. The zero-order valence-electron chi connectivity index (χ0n) is 6.70. The molecule has 12 heavy (non-hydrogen) atoms. The molecule has 0 amide bonds. The van der Waals surface area contributed by atoms with E-state index in [4.69, 9.17) is 0 Å². The molecular formula is C7H10F2N2O. The Hall–Kier alpha value is -0.970. The van der Waals surface area contributed by atoms with Gasteiger partial charge in [-0.05, 0) is 6.07 Å². The van der Waals surface area contributed by atoms with Crippen molar-refractivity contribution in [3.05, 3.63) is 18.0 Å². The minimum atomic E-state index is -2.41. The van der Waals surface area contributed by atoms with Crippen LogP contribution in [0.5, 0.6) is 0 Å². The Kier molecular flexibility index (Phi) is 3.16. The van der Waals surface area contributed by atoms with E-state index in [0.717, 1.165) is 0 Å². The summed E-state index contributed by atoms with van der Waals surface area (Å²) in [5, 5.41) is 3.95. The molecule has 1 aromatic heterocycles. The van der Waals surface area contributed by atoms with Crippen LogP contribution in [0.15, 0.2) is 12.3 Å². The molecule has 0 atom stereocenters. The first-order valence-electron chi connectivity index (χ1n) is 3.53. The molecule has 0 aliphatic carbocycles. The van der Waals surface area contributed by atoms with Crippen LogP contribution in [-0.2, 0) is 18.4 Å². The fourth-order valence-corrected chi connectivity index (χ4v) is 0.793. The molecule has 0 N–H and O–H groups in total. The van der Waals surface area contributed by atoms with Crippen molar-refractivity contribution < 1.29 is 13.5 Å². The monoisotopic (exact) mass is 176 g/mol. The van der Waals surface area contributed by atoms with Gasteiger partial charge in [0.25, 0.3) is 6.43 Å². The van der Waals surface area contributed by atoms with Crippen LogP contribution in [0.4, 0.5) is 8.78 Å². The maximum Gasteiger partial charge on any atom is 0.261 e. The first-order chi connectivity index (χ1) is 5.68. The number of aromatic nitrogens is 2. The molecule has 1 heterocycles. The van der Waals surface area contributed by atoms with E-state index in [1.807, 2.05) is 0 Å². The molecule has 0 saturated heterocycles. The average Bonchev–Trinajstić information content (AvgIpc) is 2.35. The molecule has 0 spiro atoms. The van der Waals surface area contributed by atoms with Crippen LogP contribution in [0.1, 0.15) is 5.69 Å². The van der Waals surface area contributed by atoms with Gasteiger partial charge >= 0.3 is 0 Å². The molecular weight excluding hydrogens is 166 g/mol. The third-order valence-electron chi connectivity index (χ3n) is 1.26. The van der Waals surface area contributed by atoms with Crippen molar-refractivity contribution in [1.82, 2.24) is 9.78 Å². The van der Waals surface area contributed by atoms with E-state index in [1.54, 1.807) is 24.0 Å². The summed E-state index contributed by atoms with van der Waals surface area (Å²) in [5.74, 6) is 0. The number of ether oxygens (including phenoxy) is 1. The summed E-state index contributed by atoms with van der Waals surface area (Å²) in [6.07, 6.45) is -0.671. The van der Waals surface area contributed by atoms with E-state index in [0.29, 0.717) is 5.69 Å². The highest BCUT2D eigenvalue weighted by Gasteiger charge is 2.02. The van der Waals surface area contributed by atoms with Crippen LogP contribution in [0.3, 0.4) is 0 Å². The molecule has 0 unspecified atom stereocenters. The highest BCUT2D eigenvalue weighted by molar-refractivity contribution is 4.96. The van der Waals surface area contributed by atoms with Crippen molar-refractivity contribution >= 4 is 0 Å². The Morgan fingerprint density at radius 1 is 1.67 bits per heavy atom. The quantitative estimate of drug-likeness (QED) is 0.689. The van der Waals surface area contributed by atoms with E-state index in [1.165, 1.54) is 0 Å². The van der Waals surface area contributed by atoms with E-state index in [2.05, 4.69) is 9.84 Å². The maximum atomic E-state index is 11.6. The third kappa shape index (κ3) is 2.96. The Morgan fingerprint density at radius 3 is 2.92 bits per heavy atom. The summed E-state index contributed by atoms with van der Waals surface area (Å²) < 4.78 is 29.5. The predicted molar refractivity (Wildman–Crippen MR) is 38.9 cm³/mol. The number of rotatable bonds is 4. The van der Waals surface area contributed by atoms with Gasteiger partial charge in [-0.1, -0.05) is 0 Å². The van der Waals surface area contributed by atoms with Crippen molar-refractivity contribution in [3.63, 3.8) is 0 Å². The second-order valence-corrected chi connectivity index (χ2v) is 2.39. The molecule has 0 saturated carbocycles. The zero-order valence-corrected chi connectivity index (χ0v) is 6.70. The molecule has 1 rings (SSSR count). The van der Waals surface area contributed by atoms with E-state index < -0.39 is 13.0 Å².